The Kier molecular flexibility index (Phi) is 5.21. The maximum Gasteiger partial charge on any atom is 0.155 e. The molecule has 4 nitrogen and oxygen atoms in total. The number of aromatic nitrogens is 3. The summed E-state index contributed by atoms with van der Waals surface area (Å²) in [7, 11) is 0. The van der Waals surface area contributed by atoms with Crippen LogP contribution >= 0.6 is 0 Å². The van der Waals surface area contributed by atoms with Crippen LogP contribution in [0, 0.1) is 11.6 Å². The van der Waals surface area contributed by atoms with Gasteiger partial charge in [0.25, 0.3) is 0 Å². The van der Waals surface area contributed by atoms with Crippen LogP contribution < -0.4 is 5.32 Å². The highest BCUT2D eigenvalue weighted by molar-refractivity contribution is 5.70. The molecule has 28 heavy (non-hydrogen) atoms. The van der Waals surface area contributed by atoms with Gasteiger partial charge in [0.05, 0.1) is 0 Å². The summed E-state index contributed by atoms with van der Waals surface area (Å²) in [6, 6.07) is 19.7. The van der Waals surface area contributed by atoms with Crippen molar-refractivity contribution in [3.05, 3.63) is 95.8 Å². The van der Waals surface area contributed by atoms with Crippen LogP contribution in [0.25, 0.3) is 22.5 Å². The van der Waals surface area contributed by atoms with E-state index in [2.05, 4.69) is 20.5 Å². The SMILES string of the molecule is Fc1cc(-c2cccc(-c3ncn[nH]3)c2)cc(F)c1CNCc1ccccc1. The van der Waals surface area contributed by atoms with Gasteiger partial charge in [-0.25, -0.2) is 13.8 Å². The second-order valence-corrected chi connectivity index (χ2v) is 6.42. The highest BCUT2D eigenvalue weighted by Gasteiger charge is 2.13. The average Bonchev–Trinajstić information content (AvgIpc) is 3.26. The molecule has 0 spiro atoms. The fraction of sp³-hybridized carbons (Fsp3) is 0.0909. The van der Waals surface area contributed by atoms with Crippen molar-refractivity contribution in [2.45, 2.75) is 13.1 Å². The molecule has 140 valence electrons. The van der Waals surface area contributed by atoms with Gasteiger partial charge in [0.1, 0.15) is 18.0 Å². The fourth-order valence-electron chi connectivity index (χ4n) is 3.06. The number of halogens is 2. The van der Waals surface area contributed by atoms with Gasteiger partial charge < -0.3 is 5.32 Å². The zero-order valence-corrected chi connectivity index (χ0v) is 15.0. The summed E-state index contributed by atoms with van der Waals surface area (Å²) in [5, 5.41) is 9.70. The molecular formula is C22H18F2N4. The number of nitrogens with one attached hydrogen (secondary N) is 2. The Labute approximate surface area is 161 Å². The molecule has 2 N–H and O–H groups in total. The minimum atomic E-state index is -0.569. The van der Waals surface area contributed by atoms with Crippen LogP contribution in [0.4, 0.5) is 8.78 Å². The minimum absolute atomic E-state index is 0.0334. The molecule has 0 saturated carbocycles. The number of H-pyrrole nitrogens is 1. The van der Waals surface area contributed by atoms with E-state index in [1.165, 1.54) is 18.5 Å². The van der Waals surface area contributed by atoms with Gasteiger partial charge in [-0.05, 0) is 34.9 Å². The summed E-state index contributed by atoms with van der Waals surface area (Å²) in [5.41, 5.74) is 3.07. The minimum Gasteiger partial charge on any atom is -0.308 e. The van der Waals surface area contributed by atoms with Crippen LogP contribution in [0.3, 0.4) is 0 Å². The maximum atomic E-state index is 14.6. The van der Waals surface area contributed by atoms with Gasteiger partial charge in [-0.2, -0.15) is 5.10 Å². The van der Waals surface area contributed by atoms with E-state index in [0.717, 1.165) is 11.1 Å². The van der Waals surface area contributed by atoms with Crippen molar-refractivity contribution < 1.29 is 8.78 Å². The predicted octanol–water partition coefficient (Wildman–Crippen LogP) is 4.71. The van der Waals surface area contributed by atoms with E-state index < -0.39 is 11.6 Å². The smallest absolute Gasteiger partial charge is 0.155 e. The molecule has 0 aliphatic heterocycles. The molecule has 0 atom stereocenters. The molecule has 0 radical (unpaired) electrons. The summed E-state index contributed by atoms with van der Waals surface area (Å²) < 4.78 is 29.2. The van der Waals surface area contributed by atoms with Crippen molar-refractivity contribution >= 4 is 0 Å². The lowest BCUT2D eigenvalue weighted by atomic mass is 10.0. The van der Waals surface area contributed by atoms with E-state index in [1.807, 2.05) is 48.5 Å². The number of benzene rings is 3. The Morgan fingerprint density at radius 2 is 1.54 bits per heavy atom. The predicted molar refractivity (Wildman–Crippen MR) is 104 cm³/mol. The summed E-state index contributed by atoms with van der Waals surface area (Å²) in [4.78, 5) is 4.11. The van der Waals surface area contributed by atoms with E-state index in [9.17, 15) is 8.78 Å². The zero-order chi connectivity index (χ0) is 19.3. The number of rotatable bonds is 6. The molecule has 0 saturated heterocycles. The Morgan fingerprint density at radius 1 is 0.786 bits per heavy atom. The lowest BCUT2D eigenvalue weighted by Gasteiger charge is -2.10. The molecule has 0 fully saturated rings. The summed E-state index contributed by atoms with van der Waals surface area (Å²) in [6.45, 7) is 0.658. The van der Waals surface area contributed by atoms with Gasteiger partial charge in [0.2, 0.25) is 0 Å². The number of aromatic amines is 1. The third kappa shape index (κ3) is 3.97. The average molecular weight is 376 g/mol. The molecule has 0 bridgehead atoms. The van der Waals surface area contributed by atoms with Crippen molar-refractivity contribution in [1.82, 2.24) is 20.5 Å². The van der Waals surface area contributed by atoms with Crippen LogP contribution in [0.1, 0.15) is 11.1 Å². The third-order valence-corrected chi connectivity index (χ3v) is 4.50. The van der Waals surface area contributed by atoms with E-state index >= 15 is 0 Å². The summed E-state index contributed by atoms with van der Waals surface area (Å²) >= 11 is 0. The Hall–Kier alpha value is -3.38. The summed E-state index contributed by atoms with van der Waals surface area (Å²) in [6.07, 6.45) is 1.42. The van der Waals surface area contributed by atoms with Crippen LogP contribution in [0.15, 0.2) is 73.1 Å². The molecule has 4 rings (SSSR count). The molecule has 0 aliphatic rings. The molecule has 0 aliphatic carbocycles. The van der Waals surface area contributed by atoms with Crippen molar-refractivity contribution in [3.8, 4) is 22.5 Å². The van der Waals surface area contributed by atoms with E-state index in [0.29, 0.717) is 23.5 Å². The third-order valence-electron chi connectivity index (χ3n) is 4.50. The van der Waals surface area contributed by atoms with Crippen molar-refractivity contribution in [2.24, 2.45) is 0 Å². The lowest BCUT2D eigenvalue weighted by molar-refractivity contribution is 0.536. The molecule has 1 aromatic heterocycles. The van der Waals surface area contributed by atoms with E-state index in [4.69, 9.17) is 0 Å². The number of nitrogens with zero attached hydrogens (tertiary/aromatic N) is 2. The molecule has 0 amide bonds. The Bertz CT molecular complexity index is 1040. The van der Waals surface area contributed by atoms with E-state index in [-0.39, 0.29) is 12.1 Å². The largest absolute Gasteiger partial charge is 0.308 e. The van der Waals surface area contributed by atoms with Gasteiger partial charge >= 0.3 is 0 Å². The highest BCUT2D eigenvalue weighted by Crippen LogP contribution is 2.27. The van der Waals surface area contributed by atoms with Gasteiger partial charge in [0.15, 0.2) is 5.82 Å². The molecule has 6 heteroatoms. The Morgan fingerprint density at radius 3 is 2.25 bits per heavy atom. The van der Waals surface area contributed by atoms with E-state index in [1.54, 1.807) is 6.07 Å². The fourth-order valence-corrected chi connectivity index (χ4v) is 3.06. The van der Waals surface area contributed by atoms with Crippen molar-refractivity contribution in [3.63, 3.8) is 0 Å². The lowest BCUT2D eigenvalue weighted by Crippen LogP contribution is -2.15. The molecule has 4 aromatic rings. The second kappa shape index (κ2) is 8.10. The van der Waals surface area contributed by atoms with Crippen LogP contribution in [-0.2, 0) is 13.1 Å². The zero-order valence-electron chi connectivity index (χ0n) is 15.0. The van der Waals surface area contributed by atoms with Crippen molar-refractivity contribution in [2.75, 3.05) is 0 Å². The molecule has 1 heterocycles. The summed E-state index contributed by atoms with van der Waals surface area (Å²) in [5.74, 6) is -0.536. The first-order valence-electron chi connectivity index (χ1n) is 8.89. The highest BCUT2D eigenvalue weighted by atomic mass is 19.1. The molecule has 0 unspecified atom stereocenters. The van der Waals surface area contributed by atoms with Gasteiger partial charge in [0, 0.05) is 24.2 Å². The number of hydrogen-bond donors (Lipinski definition) is 2. The van der Waals surface area contributed by atoms with Gasteiger partial charge in [-0.15, -0.1) is 0 Å². The number of hydrogen-bond acceptors (Lipinski definition) is 3. The topological polar surface area (TPSA) is 53.6 Å². The van der Waals surface area contributed by atoms with Gasteiger partial charge in [-0.3, -0.25) is 5.10 Å². The monoisotopic (exact) mass is 376 g/mol. The maximum absolute atomic E-state index is 14.6. The van der Waals surface area contributed by atoms with Gasteiger partial charge in [-0.1, -0.05) is 48.5 Å². The standard InChI is InChI=1S/C22H18F2N4/c23-20-10-18(16-7-4-8-17(9-16)22-26-14-27-28-22)11-21(24)19(20)13-25-12-15-5-2-1-3-6-15/h1-11,14,25H,12-13H2,(H,26,27,28). The molecular weight excluding hydrogens is 358 g/mol. The Balaban J connectivity index is 1.53. The van der Waals surface area contributed by atoms with Crippen molar-refractivity contribution in [1.29, 1.82) is 0 Å². The quantitative estimate of drug-likeness (QED) is 0.513. The second-order valence-electron chi connectivity index (χ2n) is 6.42. The first kappa shape index (κ1) is 18.0. The first-order chi connectivity index (χ1) is 13.7. The molecule has 3 aromatic carbocycles. The first-order valence-corrected chi connectivity index (χ1v) is 8.89. The van der Waals surface area contributed by atoms with Crippen LogP contribution in [0.2, 0.25) is 0 Å². The normalized spacial score (nSPS) is 10.9. The van der Waals surface area contributed by atoms with Crippen LogP contribution in [-0.4, -0.2) is 15.2 Å². The van der Waals surface area contributed by atoms with Crippen LogP contribution in [0.5, 0.6) is 0 Å².